The Labute approximate surface area is 127 Å². The van der Waals surface area contributed by atoms with Gasteiger partial charge in [0.2, 0.25) is 5.88 Å². The monoisotopic (exact) mass is 292 g/mol. The van der Waals surface area contributed by atoms with Crippen molar-refractivity contribution in [3.05, 3.63) is 12.1 Å². The van der Waals surface area contributed by atoms with Crippen LogP contribution in [0.4, 0.5) is 11.5 Å². The van der Waals surface area contributed by atoms with Crippen molar-refractivity contribution in [1.82, 2.24) is 9.88 Å². The number of nitrogens with zero attached hydrogens (tertiary/aromatic N) is 2. The van der Waals surface area contributed by atoms with E-state index >= 15 is 0 Å². The van der Waals surface area contributed by atoms with Crippen LogP contribution in [0.25, 0.3) is 0 Å². The fourth-order valence-corrected chi connectivity index (χ4v) is 2.57. The largest absolute Gasteiger partial charge is 0.476 e. The van der Waals surface area contributed by atoms with Crippen LogP contribution in [0.3, 0.4) is 0 Å². The number of likely N-dealkylation sites (tertiary alicyclic amines) is 1. The third-order valence-corrected chi connectivity index (χ3v) is 3.77. The highest BCUT2D eigenvalue weighted by Crippen LogP contribution is 2.20. The number of aromatic nitrogens is 1. The number of pyridine rings is 1. The van der Waals surface area contributed by atoms with Gasteiger partial charge in [0, 0.05) is 13.1 Å². The number of nitrogens with two attached hydrogens (primary N) is 1. The normalized spacial score (nSPS) is 16.4. The number of hydrogen-bond donors (Lipinski definition) is 2. The van der Waals surface area contributed by atoms with Gasteiger partial charge in [0.25, 0.3) is 0 Å². The van der Waals surface area contributed by atoms with E-state index in [1.807, 2.05) is 12.1 Å². The van der Waals surface area contributed by atoms with Crippen molar-refractivity contribution in [2.45, 2.75) is 39.0 Å². The van der Waals surface area contributed by atoms with Crippen molar-refractivity contribution in [2.75, 3.05) is 43.8 Å². The van der Waals surface area contributed by atoms with Crippen LogP contribution in [-0.4, -0.2) is 42.7 Å². The van der Waals surface area contributed by atoms with Crippen LogP contribution in [0.2, 0.25) is 0 Å². The predicted molar refractivity (Wildman–Crippen MR) is 87.8 cm³/mol. The second-order valence-electron chi connectivity index (χ2n) is 5.62. The lowest BCUT2D eigenvalue weighted by Gasteiger charge is -2.20. The Kier molecular flexibility index (Phi) is 6.60. The Morgan fingerprint density at radius 1 is 1.24 bits per heavy atom. The highest BCUT2D eigenvalue weighted by atomic mass is 16.5. The molecule has 0 spiro atoms. The van der Waals surface area contributed by atoms with Gasteiger partial charge in [0.1, 0.15) is 5.82 Å². The van der Waals surface area contributed by atoms with E-state index in [4.69, 9.17) is 10.5 Å². The van der Waals surface area contributed by atoms with Gasteiger partial charge in [-0.05, 0) is 44.5 Å². The van der Waals surface area contributed by atoms with E-state index in [2.05, 4.69) is 22.1 Å². The maximum Gasteiger partial charge on any atom is 0.239 e. The molecule has 0 amide bonds. The molecule has 0 atom stereocenters. The van der Waals surface area contributed by atoms with E-state index in [1.165, 1.54) is 38.8 Å². The summed E-state index contributed by atoms with van der Waals surface area (Å²) >= 11 is 0. The molecule has 0 radical (unpaired) electrons. The van der Waals surface area contributed by atoms with Gasteiger partial charge in [-0.1, -0.05) is 19.8 Å². The summed E-state index contributed by atoms with van der Waals surface area (Å²) in [6.07, 6.45) is 6.36. The van der Waals surface area contributed by atoms with Gasteiger partial charge in [-0.2, -0.15) is 4.98 Å². The minimum Gasteiger partial charge on any atom is -0.476 e. The zero-order valence-corrected chi connectivity index (χ0v) is 13.1. The summed E-state index contributed by atoms with van der Waals surface area (Å²) in [5, 5.41) is 3.37. The van der Waals surface area contributed by atoms with Crippen molar-refractivity contribution in [3.63, 3.8) is 0 Å². The van der Waals surface area contributed by atoms with Crippen LogP contribution in [0, 0.1) is 0 Å². The van der Waals surface area contributed by atoms with Gasteiger partial charge in [-0.15, -0.1) is 0 Å². The maximum absolute atomic E-state index is 5.87. The fourth-order valence-electron chi connectivity index (χ4n) is 2.57. The smallest absolute Gasteiger partial charge is 0.239 e. The summed E-state index contributed by atoms with van der Waals surface area (Å²) < 4.78 is 5.55. The molecule has 0 aromatic carbocycles. The van der Waals surface area contributed by atoms with E-state index in [1.54, 1.807) is 0 Å². The molecule has 0 bridgehead atoms. The first-order chi connectivity index (χ1) is 10.3. The van der Waals surface area contributed by atoms with E-state index in [9.17, 15) is 0 Å². The highest BCUT2D eigenvalue weighted by Gasteiger charge is 2.09. The number of hydrogen-bond acceptors (Lipinski definition) is 5. The van der Waals surface area contributed by atoms with E-state index in [-0.39, 0.29) is 0 Å². The van der Waals surface area contributed by atoms with Gasteiger partial charge in [-0.25, -0.2) is 0 Å². The summed E-state index contributed by atoms with van der Waals surface area (Å²) in [5.74, 6) is 1.38. The Morgan fingerprint density at radius 2 is 2.00 bits per heavy atom. The first kappa shape index (κ1) is 15.9. The highest BCUT2D eigenvalue weighted by molar-refractivity contribution is 5.53. The van der Waals surface area contributed by atoms with E-state index < -0.39 is 0 Å². The number of nitrogen functional groups attached to an aromatic ring is 1. The molecular weight excluding hydrogens is 264 g/mol. The number of ether oxygens (including phenoxy) is 1. The predicted octanol–water partition coefficient (Wildman–Crippen LogP) is 2.74. The summed E-state index contributed by atoms with van der Waals surface area (Å²) in [6, 6.07) is 3.77. The molecule has 1 saturated heterocycles. The molecule has 1 aromatic rings. The third-order valence-electron chi connectivity index (χ3n) is 3.77. The SMILES string of the molecule is CCCOc1nc(NCCN2CCCCCC2)ccc1N. The third kappa shape index (κ3) is 5.42. The van der Waals surface area contributed by atoms with Crippen LogP contribution in [0.5, 0.6) is 5.88 Å². The lowest BCUT2D eigenvalue weighted by molar-refractivity contribution is 0.295. The van der Waals surface area contributed by atoms with Gasteiger partial charge in [0.05, 0.1) is 12.3 Å². The standard InChI is InChI=1S/C16H28N4O/c1-2-13-21-16-14(17)7-8-15(19-16)18-9-12-20-10-5-3-4-6-11-20/h7-8H,2-6,9-13,17H2,1H3,(H,18,19). The molecule has 5 heteroatoms. The molecule has 0 saturated carbocycles. The van der Waals surface area contributed by atoms with Crippen molar-refractivity contribution in [1.29, 1.82) is 0 Å². The first-order valence-electron chi connectivity index (χ1n) is 8.15. The maximum atomic E-state index is 5.87. The number of rotatable bonds is 7. The second-order valence-corrected chi connectivity index (χ2v) is 5.62. The van der Waals surface area contributed by atoms with Gasteiger partial charge < -0.3 is 20.7 Å². The van der Waals surface area contributed by atoms with Crippen LogP contribution >= 0.6 is 0 Å². The van der Waals surface area contributed by atoms with Crippen molar-refractivity contribution >= 4 is 11.5 Å². The minimum absolute atomic E-state index is 0.539. The molecule has 5 nitrogen and oxygen atoms in total. The Hall–Kier alpha value is -1.49. The molecule has 1 aromatic heterocycles. The topological polar surface area (TPSA) is 63.4 Å². The van der Waals surface area contributed by atoms with Crippen LogP contribution in [0.15, 0.2) is 12.1 Å². The minimum atomic E-state index is 0.539. The number of nitrogens with one attached hydrogen (secondary N) is 1. The molecule has 3 N–H and O–H groups in total. The summed E-state index contributed by atoms with van der Waals surface area (Å²) in [4.78, 5) is 6.97. The summed E-state index contributed by atoms with van der Waals surface area (Å²) in [7, 11) is 0. The lowest BCUT2D eigenvalue weighted by Crippen LogP contribution is -2.30. The molecule has 2 rings (SSSR count). The van der Waals surface area contributed by atoms with Gasteiger partial charge in [0.15, 0.2) is 0 Å². The van der Waals surface area contributed by atoms with E-state index in [0.29, 0.717) is 18.2 Å². The van der Waals surface area contributed by atoms with Crippen molar-refractivity contribution in [3.8, 4) is 5.88 Å². The Bertz CT molecular complexity index is 417. The second kappa shape index (κ2) is 8.72. The molecular formula is C16H28N4O. The quantitative estimate of drug-likeness (QED) is 0.809. The Balaban J connectivity index is 1.79. The average molecular weight is 292 g/mol. The molecule has 21 heavy (non-hydrogen) atoms. The summed E-state index contributed by atoms with van der Waals surface area (Å²) in [5.41, 5.74) is 6.47. The molecule has 118 valence electrons. The zero-order valence-electron chi connectivity index (χ0n) is 13.1. The van der Waals surface area contributed by atoms with Crippen molar-refractivity contribution < 1.29 is 4.74 Å². The molecule has 1 aliphatic heterocycles. The number of anilines is 2. The van der Waals surface area contributed by atoms with Crippen molar-refractivity contribution in [2.24, 2.45) is 0 Å². The lowest BCUT2D eigenvalue weighted by atomic mass is 10.2. The first-order valence-corrected chi connectivity index (χ1v) is 8.15. The summed E-state index contributed by atoms with van der Waals surface area (Å²) in [6.45, 7) is 7.14. The van der Waals surface area contributed by atoms with Gasteiger partial charge in [-0.3, -0.25) is 0 Å². The Morgan fingerprint density at radius 3 is 2.71 bits per heavy atom. The van der Waals surface area contributed by atoms with Crippen LogP contribution in [0.1, 0.15) is 39.0 Å². The fraction of sp³-hybridized carbons (Fsp3) is 0.688. The molecule has 1 aliphatic rings. The van der Waals surface area contributed by atoms with Crippen LogP contribution < -0.4 is 15.8 Å². The molecule has 0 unspecified atom stereocenters. The van der Waals surface area contributed by atoms with Gasteiger partial charge >= 0.3 is 0 Å². The zero-order chi connectivity index (χ0) is 14.9. The molecule has 2 heterocycles. The van der Waals surface area contributed by atoms with Crippen LogP contribution in [-0.2, 0) is 0 Å². The molecule has 1 fully saturated rings. The average Bonchev–Trinajstić information content (AvgIpc) is 2.76. The molecule has 0 aliphatic carbocycles. The van der Waals surface area contributed by atoms with E-state index in [0.717, 1.165) is 25.3 Å².